The first-order chi connectivity index (χ1) is 47.2. The van der Waals surface area contributed by atoms with E-state index in [1.807, 2.05) is 121 Å². The fourth-order valence-electron chi connectivity index (χ4n) is 6.52. The van der Waals surface area contributed by atoms with Crippen molar-refractivity contribution in [3.8, 4) is 57.5 Å². The molecule has 0 atom stereocenters. The van der Waals surface area contributed by atoms with E-state index in [0.29, 0.717) is 69.1 Å². The lowest BCUT2D eigenvalue weighted by Gasteiger charge is -2.19. The molecule has 0 spiro atoms. The second-order valence-corrected chi connectivity index (χ2v) is 33.9. The Morgan fingerprint density at radius 2 is 0.812 bits per heavy atom. The molecule has 21 nitrogen and oxygen atoms in total. The molecule has 3 amide bonds. The highest BCUT2D eigenvalue weighted by molar-refractivity contribution is 9.69. The van der Waals surface area contributed by atoms with Crippen LogP contribution in [0, 0.1) is 0 Å². The van der Waals surface area contributed by atoms with Crippen molar-refractivity contribution in [2.75, 3.05) is 111 Å². The van der Waals surface area contributed by atoms with Crippen LogP contribution in [0.4, 0.5) is 4.79 Å². The largest absolute Gasteiger partial charge is 0.504 e. The van der Waals surface area contributed by atoms with E-state index in [9.17, 15) is 29.1 Å². The molecule has 0 bridgehead atoms. The van der Waals surface area contributed by atoms with Crippen LogP contribution >= 0.6 is 147 Å². The van der Waals surface area contributed by atoms with Gasteiger partial charge in [0, 0.05) is 105 Å². The van der Waals surface area contributed by atoms with Crippen LogP contribution in [-0.4, -0.2) is 165 Å². The number of alkyl carbamates (subject to hydrolysis) is 1. The number of nitrogens with one attached hydrogen (secondary N) is 3. The average Bonchev–Trinajstić information content (AvgIpc) is 0.905. The van der Waals surface area contributed by atoms with E-state index in [0.717, 1.165) is 88.0 Å². The Labute approximate surface area is 666 Å². The zero-order chi connectivity index (χ0) is 76.7. The molecular weight excluding hydrogens is 1710 g/mol. The molecule has 5 rings (SSSR count). The molecule has 33 heteroatoms. The molecule has 101 heavy (non-hydrogen) atoms. The van der Waals surface area contributed by atoms with Gasteiger partial charge in [-0.05, 0) is 151 Å². The Balaban J connectivity index is -0.000000550. The molecule has 0 aliphatic heterocycles. The highest BCUT2D eigenvalue weighted by Gasteiger charge is 2.17. The number of halogens is 6. The van der Waals surface area contributed by atoms with Crippen LogP contribution in [0.25, 0.3) is 0 Å². The fraction of sp³-hybridized carbons (Fsp3) is 0.485. The minimum Gasteiger partial charge on any atom is -0.504 e. The number of aromatic hydroxyl groups is 2. The van der Waals surface area contributed by atoms with Crippen molar-refractivity contribution in [3.63, 3.8) is 0 Å². The standard InChI is InChI=1S/C15H23NO4S.C13H19NO3S.C11H15NO3S.C10H15NO2S.C8H15BrO2.C8H10O2S.C3H5ClO.BBr3.ClH/c1-15(2,3)20-14(17)16-8-9-21-11-6-7-12(18-4)13(10-11)19-5;1-4-13(15)14-7-8-18-10-5-6-11(16-2)12(9-10)17-3;1-2-11(15)12-5-6-16-8-3-4-9(13)10(14)7-8;1-12-9-4-3-8(14-6-5-11)7-10(9)13-2;1-8(2,3)11-7(10)5-4-6-9;1-9-7-4-3-6(11)5-8(7)10-2;1-2-3(4)5;2-1(3)4;/h6-7,10H,8-9H2,1-5H3,(H,16,17);5-6,9H,4,7-8H2,1-3H3,(H,14,15);3-4,7,13-14H,2,5-6H2,1H3,(H,12,15);3-4,7H,5-6,11H2,1-2H3;4-6H2,1-3H3;3-5,11H,1-2H3;2H2,1H3;;1H. The summed E-state index contributed by atoms with van der Waals surface area (Å²) < 4.78 is 51.7. The van der Waals surface area contributed by atoms with Gasteiger partial charge >= 0.3 is 15.2 Å². The molecular formula is C68H103BBr4Cl2N4O17S5. The third-order valence-electron chi connectivity index (χ3n) is 11.0. The van der Waals surface area contributed by atoms with Crippen molar-refractivity contribution in [3.05, 3.63) is 91.0 Å². The third-order valence-corrected chi connectivity index (χ3v) is 16.2. The van der Waals surface area contributed by atoms with Gasteiger partial charge in [0.25, 0.3) is 0 Å². The molecule has 0 fully saturated rings. The van der Waals surface area contributed by atoms with Gasteiger partial charge in [0.15, 0.2) is 57.5 Å². The lowest BCUT2D eigenvalue weighted by Crippen LogP contribution is -2.33. The zero-order valence-electron chi connectivity index (χ0n) is 60.6. The van der Waals surface area contributed by atoms with E-state index >= 15 is 0 Å². The summed E-state index contributed by atoms with van der Waals surface area (Å²) in [5.74, 6) is 8.78. The van der Waals surface area contributed by atoms with Crippen LogP contribution in [0.3, 0.4) is 0 Å². The smallest absolute Gasteiger partial charge is 0.407 e. The van der Waals surface area contributed by atoms with E-state index in [2.05, 4.69) is 91.8 Å². The van der Waals surface area contributed by atoms with Crippen LogP contribution in [0.15, 0.2) is 115 Å². The van der Waals surface area contributed by atoms with E-state index in [-0.39, 0.29) is 55.7 Å². The Bertz CT molecular complexity index is 3080. The van der Waals surface area contributed by atoms with Gasteiger partial charge in [-0.25, -0.2) is 4.79 Å². The van der Waals surface area contributed by atoms with E-state index in [1.165, 1.54) is 23.9 Å². The van der Waals surface area contributed by atoms with Crippen molar-refractivity contribution in [1.82, 2.24) is 16.0 Å². The second kappa shape index (κ2) is 63.0. The zero-order valence-corrected chi connectivity index (χ0v) is 72.7. The summed E-state index contributed by atoms with van der Waals surface area (Å²) >= 11 is 28.1. The van der Waals surface area contributed by atoms with Crippen LogP contribution in [-0.2, 0) is 28.7 Å². The van der Waals surface area contributed by atoms with Crippen molar-refractivity contribution >= 4 is 179 Å². The van der Waals surface area contributed by atoms with Gasteiger partial charge in [-0.1, -0.05) is 36.7 Å². The number of hydrogen-bond donors (Lipinski definition) is 7. The van der Waals surface area contributed by atoms with E-state index in [4.69, 9.17) is 69.8 Å². The quantitative estimate of drug-likeness (QED) is 0.00342. The number of phenols is 2. The number of methoxy groups -OCH3 is 8. The predicted molar refractivity (Wildman–Crippen MR) is 438 cm³/mol. The first-order valence-corrected chi connectivity index (χ1v) is 39.6. The van der Waals surface area contributed by atoms with Gasteiger partial charge < -0.3 is 79.3 Å². The molecule has 0 radical (unpaired) electrons. The molecule has 0 unspecified atom stereocenters. The Kier molecular flexibility index (Phi) is 64.3. The summed E-state index contributed by atoms with van der Waals surface area (Å²) in [5.41, 5.74) is 4.61. The number of carbonyl (C=O) groups excluding carboxylic acids is 5. The number of rotatable bonds is 29. The third kappa shape index (κ3) is 56.8. The molecule has 0 heterocycles. The Hall–Kier alpha value is -4.28. The topological polar surface area (TPSA) is 280 Å². The van der Waals surface area contributed by atoms with Crippen molar-refractivity contribution in [2.45, 2.75) is 130 Å². The van der Waals surface area contributed by atoms with Gasteiger partial charge in [-0.15, -0.1) is 119 Å². The lowest BCUT2D eigenvalue weighted by atomic mass is 10.2. The van der Waals surface area contributed by atoms with Gasteiger partial charge in [0.2, 0.25) is 17.1 Å². The fourth-order valence-corrected chi connectivity index (χ4v) is 10.1. The minimum atomic E-state index is -0.472. The van der Waals surface area contributed by atoms with Crippen molar-refractivity contribution in [1.29, 1.82) is 0 Å². The molecule has 7 N–H and O–H groups in total. The number of nitrogens with two attached hydrogens (primary N) is 1. The van der Waals surface area contributed by atoms with Crippen LogP contribution in [0.1, 0.15) is 94.4 Å². The minimum absolute atomic E-state index is 0. The van der Waals surface area contributed by atoms with Crippen LogP contribution < -0.4 is 59.6 Å². The summed E-state index contributed by atoms with van der Waals surface area (Å²) in [6.07, 6.45) is 2.40. The second-order valence-electron chi connectivity index (χ2n) is 21.1. The SMILES string of the molecule is BrB(Br)Br.CC(C)(C)OC(=O)CCCBr.CCC(=O)Cl.CCC(=O)NCCSc1ccc(O)c(O)c1.CCC(=O)NCCSc1ccc(OC)c(OC)c1.COc1ccc(S)cc1OC.COc1ccc(SCCN)cc1OC.COc1ccc(SCCNC(=O)OC(C)(C)C)cc1OC.Cl. The molecule has 0 aromatic heterocycles. The molecule has 5 aromatic carbocycles. The molecule has 5 aromatic rings. The number of esters is 1. The molecule has 572 valence electrons. The first-order valence-electron chi connectivity index (χ1n) is 30.9. The van der Waals surface area contributed by atoms with Gasteiger partial charge in [0.1, 0.15) is 11.2 Å². The Morgan fingerprint density at radius 3 is 1.12 bits per heavy atom. The number of hydrogen-bond acceptors (Lipinski definition) is 23. The summed E-state index contributed by atoms with van der Waals surface area (Å²) in [6, 6.07) is 27.5. The average molecular weight is 1810 g/mol. The lowest BCUT2D eigenvalue weighted by molar-refractivity contribution is -0.154. The van der Waals surface area contributed by atoms with E-state index in [1.54, 1.807) is 112 Å². The monoisotopic (exact) mass is 1800 g/mol. The molecule has 0 aliphatic rings. The van der Waals surface area contributed by atoms with Crippen LogP contribution in [0.5, 0.6) is 57.5 Å². The number of amides is 3. The number of benzene rings is 5. The maximum absolute atomic E-state index is 11.5. The van der Waals surface area contributed by atoms with Crippen LogP contribution in [0.2, 0.25) is 0 Å². The van der Waals surface area contributed by atoms with Crippen molar-refractivity contribution < 1.29 is 81.6 Å². The first kappa shape index (κ1) is 103. The highest BCUT2D eigenvalue weighted by Crippen LogP contribution is 2.35. The summed E-state index contributed by atoms with van der Waals surface area (Å²) in [6.45, 7) is 19.0. The predicted octanol–water partition coefficient (Wildman–Crippen LogP) is 17.3. The van der Waals surface area contributed by atoms with Gasteiger partial charge in [0.05, 0.1) is 56.9 Å². The normalized spacial score (nSPS) is 9.90. The van der Waals surface area contributed by atoms with E-state index < -0.39 is 11.7 Å². The Morgan fingerprint density at radius 1 is 0.495 bits per heavy atom. The number of alkyl halides is 1. The maximum Gasteiger partial charge on any atom is 0.407 e. The number of ether oxygens (including phenoxy) is 10. The summed E-state index contributed by atoms with van der Waals surface area (Å²) in [5, 5.41) is 27.3. The summed E-state index contributed by atoms with van der Waals surface area (Å²) in [4.78, 5) is 59.0. The van der Waals surface area contributed by atoms with Crippen molar-refractivity contribution in [2.24, 2.45) is 5.73 Å². The molecule has 0 aliphatic carbocycles. The number of thiol groups is 1. The number of thioether (sulfide) groups is 4. The van der Waals surface area contributed by atoms with Gasteiger partial charge in [-0.3, -0.25) is 19.2 Å². The molecule has 0 saturated heterocycles. The maximum atomic E-state index is 11.5. The summed E-state index contributed by atoms with van der Waals surface area (Å²) in [7, 11) is 12.9. The highest BCUT2D eigenvalue weighted by atomic mass is 79.9. The van der Waals surface area contributed by atoms with Gasteiger partial charge in [-0.2, -0.15) is 0 Å². The molecule has 0 saturated carbocycles. The number of phenolic OH excluding ortho intramolecular Hbond substituents is 2. The number of carbonyl (C=O) groups is 5.